The number of alkyl halides is 3. The number of hydrogen-bond acceptors (Lipinski definition) is 2. The summed E-state index contributed by atoms with van der Waals surface area (Å²) in [4.78, 5) is 0.0194. The molecule has 1 nitrogen and oxygen atoms in total. The molecule has 0 N–H and O–H groups in total. The van der Waals surface area contributed by atoms with E-state index in [-0.39, 0.29) is 29.0 Å². The van der Waals surface area contributed by atoms with Crippen LogP contribution in [0.1, 0.15) is 5.56 Å². The molecule has 0 atom stereocenters. The quantitative estimate of drug-likeness (QED) is 0.754. The van der Waals surface area contributed by atoms with Gasteiger partial charge in [-0.2, -0.15) is 13.2 Å². The Hall–Kier alpha value is -1.62. The predicted molar refractivity (Wildman–Crippen MR) is 68.0 cm³/mol. The molecule has 2 rings (SSSR count). The average molecular weight is 283 g/mol. The van der Waals surface area contributed by atoms with Gasteiger partial charge in [-0.1, -0.05) is 36.4 Å². The van der Waals surface area contributed by atoms with Gasteiger partial charge in [-0.05, 0) is 35.5 Å². The van der Waals surface area contributed by atoms with Gasteiger partial charge < -0.3 is 4.74 Å². The first-order valence-electron chi connectivity index (χ1n) is 5.47. The highest BCUT2D eigenvalue weighted by molar-refractivity contribution is 8.00. The largest absolute Gasteiger partial charge is 0.488 e. The van der Waals surface area contributed by atoms with Crippen LogP contribution in [0.3, 0.4) is 0 Å². The number of halogens is 3. The van der Waals surface area contributed by atoms with Crippen LogP contribution in [-0.2, 0) is 6.61 Å². The fraction of sp³-hybridized carbons (Fsp3) is 0.143. The van der Waals surface area contributed by atoms with Crippen molar-refractivity contribution in [3.63, 3.8) is 0 Å². The van der Waals surface area contributed by atoms with Crippen molar-refractivity contribution in [2.75, 3.05) is 0 Å². The first-order valence-corrected chi connectivity index (χ1v) is 6.29. The highest BCUT2D eigenvalue weighted by atomic mass is 32.2. The lowest BCUT2D eigenvalue weighted by atomic mass is 10.2. The van der Waals surface area contributed by atoms with Crippen LogP contribution in [-0.4, -0.2) is 5.51 Å². The average Bonchev–Trinajstić information content (AvgIpc) is 2.37. The molecule has 0 bridgehead atoms. The number of ether oxygens (including phenoxy) is 1. The normalized spacial score (nSPS) is 11.3. The molecule has 0 aliphatic heterocycles. The third kappa shape index (κ3) is 4.52. The monoisotopic (exact) mass is 283 g/mol. The van der Waals surface area contributed by atoms with Gasteiger partial charge in [0.05, 0.1) is 4.90 Å². The zero-order valence-corrected chi connectivity index (χ0v) is 10.6. The SMILES string of the molecule is FC(F)(F)Sc1c[c]ccc1OCc1ccccc1. The van der Waals surface area contributed by atoms with E-state index >= 15 is 0 Å². The molecule has 0 unspecified atom stereocenters. The van der Waals surface area contributed by atoms with Crippen molar-refractivity contribution in [2.45, 2.75) is 17.0 Å². The third-order valence-corrected chi connectivity index (χ3v) is 3.02. The number of rotatable bonds is 4. The molecule has 5 heteroatoms. The maximum atomic E-state index is 12.4. The van der Waals surface area contributed by atoms with Gasteiger partial charge in [-0.3, -0.25) is 0 Å². The standard InChI is InChI=1S/C14H10F3OS/c15-14(16,17)19-13-9-5-4-8-12(13)18-10-11-6-2-1-3-7-11/h1-4,6-9H,10H2. The van der Waals surface area contributed by atoms with E-state index in [2.05, 4.69) is 6.07 Å². The van der Waals surface area contributed by atoms with Gasteiger partial charge in [-0.15, -0.1) is 0 Å². The zero-order valence-electron chi connectivity index (χ0n) is 9.78. The van der Waals surface area contributed by atoms with Gasteiger partial charge in [0, 0.05) is 0 Å². The molecule has 1 radical (unpaired) electrons. The summed E-state index contributed by atoms with van der Waals surface area (Å²) in [6.07, 6.45) is 0. The van der Waals surface area contributed by atoms with Crippen molar-refractivity contribution in [2.24, 2.45) is 0 Å². The predicted octanol–water partition coefficient (Wildman–Crippen LogP) is 4.68. The molecule has 0 aliphatic carbocycles. The van der Waals surface area contributed by atoms with Gasteiger partial charge in [0.1, 0.15) is 12.4 Å². The van der Waals surface area contributed by atoms with E-state index in [1.807, 2.05) is 30.3 Å². The Morgan fingerprint density at radius 1 is 1.11 bits per heavy atom. The molecule has 2 aromatic rings. The van der Waals surface area contributed by atoms with Crippen molar-refractivity contribution in [3.05, 3.63) is 60.2 Å². The molecule has 0 amide bonds. The molecule has 0 saturated carbocycles. The van der Waals surface area contributed by atoms with E-state index in [9.17, 15) is 13.2 Å². The number of thioether (sulfide) groups is 1. The Kier molecular flexibility index (Phi) is 4.37. The van der Waals surface area contributed by atoms with Crippen molar-refractivity contribution in [3.8, 4) is 5.75 Å². The maximum absolute atomic E-state index is 12.4. The van der Waals surface area contributed by atoms with Gasteiger partial charge in [0.25, 0.3) is 0 Å². The van der Waals surface area contributed by atoms with Gasteiger partial charge in [-0.25, -0.2) is 0 Å². The lowest BCUT2D eigenvalue weighted by molar-refractivity contribution is -0.0329. The molecule has 0 saturated heterocycles. The van der Waals surface area contributed by atoms with Crippen LogP contribution in [0.2, 0.25) is 0 Å². The molecule has 19 heavy (non-hydrogen) atoms. The summed E-state index contributed by atoms with van der Waals surface area (Å²) < 4.78 is 42.6. The summed E-state index contributed by atoms with van der Waals surface area (Å²) in [7, 11) is 0. The van der Waals surface area contributed by atoms with Crippen LogP contribution in [0.5, 0.6) is 5.75 Å². The fourth-order valence-corrected chi connectivity index (χ4v) is 2.06. The van der Waals surface area contributed by atoms with Crippen LogP contribution in [0.25, 0.3) is 0 Å². The second-order valence-electron chi connectivity index (χ2n) is 3.69. The zero-order chi connectivity index (χ0) is 13.7. The summed E-state index contributed by atoms with van der Waals surface area (Å²) in [6.45, 7) is 0.232. The highest BCUT2D eigenvalue weighted by Crippen LogP contribution is 2.41. The first-order chi connectivity index (χ1) is 9.04. The Morgan fingerprint density at radius 2 is 1.84 bits per heavy atom. The van der Waals surface area contributed by atoms with Crippen molar-refractivity contribution in [1.29, 1.82) is 0 Å². The first kappa shape index (κ1) is 13.8. The summed E-state index contributed by atoms with van der Waals surface area (Å²) in [5, 5.41) is 0. The van der Waals surface area contributed by atoms with Crippen LogP contribution in [0, 0.1) is 6.07 Å². The lowest BCUT2D eigenvalue weighted by Gasteiger charge is -2.12. The molecular weight excluding hydrogens is 273 g/mol. The number of hydrogen-bond donors (Lipinski definition) is 0. The van der Waals surface area contributed by atoms with Crippen LogP contribution in [0.15, 0.2) is 53.4 Å². The molecule has 0 aromatic heterocycles. The minimum Gasteiger partial charge on any atom is -0.488 e. The topological polar surface area (TPSA) is 9.23 Å². The molecule has 0 aliphatic rings. The van der Waals surface area contributed by atoms with Crippen molar-refractivity contribution < 1.29 is 17.9 Å². The Labute approximate surface area is 113 Å². The second kappa shape index (κ2) is 6.02. The summed E-state index contributed by atoms with van der Waals surface area (Å²) in [6, 6.07) is 16.2. The smallest absolute Gasteiger partial charge is 0.446 e. The van der Waals surface area contributed by atoms with E-state index in [0.29, 0.717) is 0 Å². The minimum absolute atomic E-state index is 0.0194. The molecule has 2 aromatic carbocycles. The van der Waals surface area contributed by atoms with E-state index in [4.69, 9.17) is 4.74 Å². The molecular formula is C14H10F3OS. The van der Waals surface area contributed by atoms with E-state index in [1.165, 1.54) is 18.2 Å². The third-order valence-electron chi connectivity index (χ3n) is 2.25. The van der Waals surface area contributed by atoms with Crippen LogP contribution < -0.4 is 4.74 Å². The van der Waals surface area contributed by atoms with Gasteiger partial charge in [0.2, 0.25) is 0 Å². The van der Waals surface area contributed by atoms with Gasteiger partial charge in [0.15, 0.2) is 0 Å². The van der Waals surface area contributed by atoms with Crippen LogP contribution >= 0.6 is 11.8 Å². The lowest BCUT2D eigenvalue weighted by Crippen LogP contribution is -2.01. The van der Waals surface area contributed by atoms with E-state index in [1.54, 1.807) is 0 Å². The van der Waals surface area contributed by atoms with Crippen molar-refractivity contribution >= 4 is 11.8 Å². The maximum Gasteiger partial charge on any atom is 0.446 e. The summed E-state index contributed by atoms with van der Waals surface area (Å²) in [5.74, 6) is 0.213. The van der Waals surface area contributed by atoms with E-state index in [0.717, 1.165) is 5.56 Å². The molecule has 99 valence electrons. The second-order valence-corrected chi connectivity index (χ2v) is 4.80. The van der Waals surface area contributed by atoms with Crippen LogP contribution in [0.4, 0.5) is 13.2 Å². The molecule has 0 spiro atoms. The Bertz CT molecular complexity index is 526. The molecule has 0 heterocycles. The Morgan fingerprint density at radius 3 is 2.53 bits per heavy atom. The fourth-order valence-electron chi connectivity index (χ4n) is 1.46. The van der Waals surface area contributed by atoms with Gasteiger partial charge >= 0.3 is 5.51 Å². The molecule has 0 fully saturated rings. The highest BCUT2D eigenvalue weighted by Gasteiger charge is 2.30. The summed E-state index contributed by atoms with van der Waals surface area (Å²) in [5.41, 5.74) is -3.43. The van der Waals surface area contributed by atoms with E-state index < -0.39 is 5.51 Å². The minimum atomic E-state index is -4.33. The van der Waals surface area contributed by atoms with Crippen molar-refractivity contribution in [1.82, 2.24) is 0 Å². The Balaban J connectivity index is 2.08. The summed E-state index contributed by atoms with van der Waals surface area (Å²) >= 11 is -0.194. The number of benzene rings is 2.